The third kappa shape index (κ3) is 3.91. The molecule has 0 saturated carbocycles. The first-order valence-electron chi connectivity index (χ1n) is 11.9. The molecule has 0 unspecified atom stereocenters. The van der Waals surface area contributed by atoms with Gasteiger partial charge in [-0.15, -0.1) is 0 Å². The summed E-state index contributed by atoms with van der Waals surface area (Å²) in [4.78, 5) is 10.0. The van der Waals surface area contributed by atoms with E-state index in [0.717, 1.165) is 39.1 Å². The molecule has 4 aromatic carbocycles. The molecule has 6 aromatic rings. The maximum Gasteiger partial charge on any atom is 0.235 e. The topological polar surface area (TPSA) is 30.9 Å². The molecule has 3 heteroatoms. The molecule has 0 fully saturated rings. The number of fused-ring (bicyclic) bond motifs is 1. The van der Waals surface area contributed by atoms with Gasteiger partial charge in [-0.05, 0) is 71.5 Å². The van der Waals surface area contributed by atoms with Crippen molar-refractivity contribution in [1.82, 2.24) is 9.97 Å². The van der Waals surface area contributed by atoms with Gasteiger partial charge in [0.05, 0.1) is 22.4 Å². The minimum Gasteiger partial charge on any atom is -0.278 e. The molecule has 35 heavy (non-hydrogen) atoms. The van der Waals surface area contributed by atoms with Crippen LogP contribution in [0.25, 0.3) is 50.6 Å². The maximum absolute atomic E-state index is 5.01. The number of hydrogen-bond donors (Lipinski definition) is 0. The standard InChI is InChI=1S/C32H25N3/c1-22-18-28-29(19-23(22)2)34-32(33-28)35-30(25-14-8-4-9-15-25)20-27(24-12-6-3-7-13-24)21-31(35)26-16-10-5-11-17-26/h3-21H,1-2H3. The number of hydrogen-bond acceptors (Lipinski definition) is 1. The minimum absolute atomic E-state index is 0.683. The number of imidazole rings is 1. The molecule has 0 bridgehead atoms. The molecule has 2 aromatic heterocycles. The molecule has 0 aliphatic heterocycles. The molecule has 0 aliphatic rings. The quantitative estimate of drug-likeness (QED) is 0.268. The first-order valence-corrected chi connectivity index (χ1v) is 11.9. The van der Waals surface area contributed by atoms with Crippen molar-refractivity contribution in [2.45, 2.75) is 13.8 Å². The van der Waals surface area contributed by atoms with Crippen LogP contribution in [0.4, 0.5) is 0 Å². The number of pyridine rings is 1. The zero-order chi connectivity index (χ0) is 23.8. The lowest BCUT2D eigenvalue weighted by molar-refractivity contribution is -0.579. The van der Waals surface area contributed by atoms with Gasteiger partial charge in [0, 0.05) is 0 Å². The Hall–Kier alpha value is -4.50. The number of aromatic nitrogens is 3. The number of aryl methyl sites for hydroxylation is 2. The fourth-order valence-electron chi connectivity index (χ4n) is 4.56. The fraction of sp³-hybridized carbons (Fsp3) is 0.0625. The molecule has 168 valence electrons. The second kappa shape index (κ2) is 8.69. The van der Waals surface area contributed by atoms with Gasteiger partial charge in [-0.1, -0.05) is 91.0 Å². The second-order valence-corrected chi connectivity index (χ2v) is 8.90. The van der Waals surface area contributed by atoms with Crippen LogP contribution in [-0.2, 0) is 0 Å². The van der Waals surface area contributed by atoms with Crippen LogP contribution < -0.4 is 9.55 Å². The summed E-state index contributed by atoms with van der Waals surface area (Å²) in [6.45, 7) is 4.24. The normalized spacial score (nSPS) is 11.1. The molecular weight excluding hydrogens is 426 g/mol. The zero-order valence-electron chi connectivity index (χ0n) is 19.8. The molecule has 0 aliphatic carbocycles. The van der Waals surface area contributed by atoms with E-state index in [1.807, 2.05) is 12.1 Å². The number of nitrogens with zero attached hydrogens (tertiary/aromatic N) is 3. The maximum atomic E-state index is 5.01. The summed E-state index contributed by atoms with van der Waals surface area (Å²) >= 11 is 0. The predicted octanol–water partition coefficient (Wildman–Crippen LogP) is 7.09. The molecular formula is C32H25N3. The van der Waals surface area contributed by atoms with E-state index >= 15 is 0 Å². The second-order valence-electron chi connectivity index (χ2n) is 8.90. The van der Waals surface area contributed by atoms with E-state index in [2.05, 4.69) is 122 Å². The van der Waals surface area contributed by atoms with E-state index < -0.39 is 0 Å². The lowest BCUT2D eigenvalue weighted by atomic mass is 9.99. The van der Waals surface area contributed by atoms with E-state index in [0.29, 0.717) is 5.95 Å². The van der Waals surface area contributed by atoms with Gasteiger partial charge < -0.3 is 0 Å². The molecule has 0 N–H and O–H groups in total. The van der Waals surface area contributed by atoms with Crippen LogP contribution in [0.15, 0.2) is 115 Å². The van der Waals surface area contributed by atoms with Crippen LogP contribution in [0, 0.1) is 13.8 Å². The summed E-state index contributed by atoms with van der Waals surface area (Å²) in [5.74, 6) is 0.683. The summed E-state index contributed by atoms with van der Waals surface area (Å²) < 4.78 is 2.20. The molecule has 0 saturated heterocycles. The molecule has 0 amide bonds. The van der Waals surface area contributed by atoms with Crippen molar-refractivity contribution >= 4 is 11.0 Å². The van der Waals surface area contributed by atoms with Crippen molar-refractivity contribution in [3.05, 3.63) is 126 Å². The predicted molar refractivity (Wildman–Crippen MR) is 142 cm³/mol. The Bertz CT molecular complexity index is 1530. The Morgan fingerprint density at radius 2 is 1.03 bits per heavy atom. The Morgan fingerprint density at radius 1 is 0.543 bits per heavy atom. The van der Waals surface area contributed by atoms with Crippen molar-refractivity contribution < 1.29 is 4.57 Å². The smallest absolute Gasteiger partial charge is 0.235 e. The zero-order valence-corrected chi connectivity index (χ0v) is 19.8. The first kappa shape index (κ1) is 21.1. The van der Waals surface area contributed by atoms with Crippen molar-refractivity contribution in [3.63, 3.8) is 0 Å². The van der Waals surface area contributed by atoms with Crippen LogP contribution >= 0.6 is 0 Å². The highest BCUT2D eigenvalue weighted by Crippen LogP contribution is 2.30. The highest BCUT2D eigenvalue weighted by atomic mass is 15.2. The Balaban J connectivity index is 1.71. The third-order valence-corrected chi connectivity index (χ3v) is 6.54. The molecule has 0 spiro atoms. The van der Waals surface area contributed by atoms with E-state index in [1.54, 1.807) is 0 Å². The van der Waals surface area contributed by atoms with Crippen LogP contribution in [0.3, 0.4) is 0 Å². The summed E-state index contributed by atoms with van der Waals surface area (Å²) in [5, 5.41) is 0. The Morgan fingerprint density at radius 3 is 1.57 bits per heavy atom. The van der Waals surface area contributed by atoms with Crippen LogP contribution in [-0.4, -0.2) is 4.98 Å². The highest BCUT2D eigenvalue weighted by molar-refractivity contribution is 5.78. The van der Waals surface area contributed by atoms with Gasteiger partial charge in [-0.25, -0.2) is 9.97 Å². The van der Waals surface area contributed by atoms with Crippen molar-refractivity contribution in [1.29, 1.82) is 0 Å². The summed E-state index contributed by atoms with van der Waals surface area (Å²) in [5.41, 5.74) is 10.9. The Kier molecular flexibility index (Phi) is 5.23. The van der Waals surface area contributed by atoms with Gasteiger partial charge >= 0.3 is 0 Å². The average Bonchev–Trinajstić information content (AvgIpc) is 3.32. The van der Waals surface area contributed by atoms with Gasteiger partial charge in [0.1, 0.15) is 0 Å². The molecule has 6 rings (SSSR count). The number of benzene rings is 4. The summed E-state index contributed by atoms with van der Waals surface area (Å²) in [6, 6.07) is 40.3. The Labute approximate surface area is 205 Å². The molecule has 3 nitrogen and oxygen atoms in total. The van der Waals surface area contributed by atoms with Crippen LogP contribution in [0.5, 0.6) is 0 Å². The minimum atomic E-state index is 0.683. The first-order chi connectivity index (χ1) is 17.2. The highest BCUT2D eigenvalue weighted by Gasteiger charge is 2.18. The summed E-state index contributed by atoms with van der Waals surface area (Å²) in [6.07, 6.45) is 0. The lowest BCUT2D eigenvalue weighted by Gasteiger charge is -2.19. The van der Waals surface area contributed by atoms with E-state index in [4.69, 9.17) is 9.97 Å². The molecule has 0 atom stereocenters. The van der Waals surface area contributed by atoms with Gasteiger partial charge in [0.15, 0.2) is 0 Å². The SMILES string of the molecule is Cc1cc2nc(-[n+]3c(-c4ccccc4)cc(-c4ccccc4)cc3-c3ccccc3)[n-]c2cc1C. The van der Waals surface area contributed by atoms with Gasteiger partial charge in [0.25, 0.3) is 0 Å². The van der Waals surface area contributed by atoms with E-state index in [-0.39, 0.29) is 0 Å². The fourth-order valence-corrected chi connectivity index (χ4v) is 4.56. The van der Waals surface area contributed by atoms with E-state index in [1.165, 1.54) is 16.7 Å². The average molecular weight is 452 g/mol. The van der Waals surface area contributed by atoms with E-state index in [9.17, 15) is 0 Å². The third-order valence-electron chi connectivity index (χ3n) is 6.54. The van der Waals surface area contributed by atoms with Gasteiger partial charge in [-0.3, -0.25) is 4.57 Å². The monoisotopic (exact) mass is 451 g/mol. The van der Waals surface area contributed by atoms with Crippen LogP contribution in [0.1, 0.15) is 11.1 Å². The van der Waals surface area contributed by atoms with Crippen LogP contribution in [0.2, 0.25) is 0 Å². The molecule has 0 radical (unpaired) electrons. The largest absolute Gasteiger partial charge is 0.278 e. The summed E-state index contributed by atoms with van der Waals surface area (Å²) in [7, 11) is 0. The number of rotatable bonds is 4. The van der Waals surface area contributed by atoms with Crippen molar-refractivity contribution in [3.8, 4) is 39.6 Å². The van der Waals surface area contributed by atoms with Crippen molar-refractivity contribution in [2.75, 3.05) is 0 Å². The van der Waals surface area contributed by atoms with Crippen molar-refractivity contribution in [2.24, 2.45) is 0 Å². The lowest BCUT2D eigenvalue weighted by Crippen LogP contribution is -2.38. The van der Waals surface area contributed by atoms with Gasteiger partial charge in [-0.2, -0.15) is 0 Å². The molecule has 2 heterocycles. The van der Waals surface area contributed by atoms with Gasteiger partial charge in [0.2, 0.25) is 5.95 Å².